The highest BCUT2D eigenvalue weighted by atomic mass is 16.4. The number of carboxylic acids is 1. The van der Waals surface area contributed by atoms with E-state index in [4.69, 9.17) is 5.11 Å². The van der Waals surface area contributed by atoms with E-state index in [0.29, 0.717) is 6.42 Å². The first-order chi connectivity index (χ1) is 10.2. The number of aliphatic carboxylic acids is 1. The Labute approximate surface area is 129 Å². The molecule has 0 saturated heterocycles. The monoisotopic (exact) mass is 294 g/mol. The maximum atomic E-state index is 10.3. The highest BCUT2D eigenvalue weighted by Gasteiger charge is 1.96. The van der Waals surface area contributed by atoms with Crippen LogP contribution < -0.4 is 0 Å². The fourth-order valence-electron chi connectivity index (χ4n) is 2.06. The summed E-state index contributed by atoms with van der Waals surface area (Å²) in [6, 6.07) is 0. The summed E-state index contributed by atoms with van der Waals surface area (Å²) in [7, 11) is 0. The van der Waals surface area contributed by atoms with Gasteiger partial charge in [0.15, 0.2) is 0 Å². The number of aliphatic hydroxyl groups is 1. The zero-order chi connectivity index (χ0) is 15.8. The van der Waals surface area contributed by atoms with Gasteiger partial charge in [0, 0.05) is 12.8 Å². The van der Waals surface area contributed by atoms with E-state index in [9.17, 15) is 9.90 Å². The Bertz CT molecular complexity index is 336. The molecule has 0 saturated carbocycles. The standard InChI is InChI=1S/C18H30O3/c1-2-14-17(19)15-12-10-8-6-4-3-5-7-9-11-13-16-18(20)21/h12,15,17,19H,2-7,9,11,13-14,16H2,1H3,(H,20,21)/b15-12+/t17-/m1/s1. The molecule has 3 heteroatoms. The number of carbonyl (C=O) groups is 1. The van der Waals surface area contributed by atoms with Gasteiger partial charge in [0.1, 0.15) is 0 Å². The van der Waals surface area contributed by atoms with E-state index >= 15 is 0 Å². The van der Waals surface area contributed by atoms with Crippen molar-refractivity contribution < 1.29 is 15.0 Å². The van der Waals surface area contributed by atoms with Crippen LogP contribution in [-0.2, 0) is 4.79 Å². The highest BCUT2D eigenvalue weighted by molar-refractivity contribution is 5.66. The van der Waals surface area contributed by atoms with Gasteiger partial charge in [-0.1, -0.05) is 57.3 Å². The summed E-state index contributed by atoms with van der Waals surface area (Å²) in [5.74, 6) is 5.36. The number of unbranched alkanes of at least 4 members (excludes halogenated alkanes) is 7. The lowest BCUT2D eigenvalue weighted by Gasteiger charge is -1.99. The summed E-state index contributed by atoms with van der Waals surface area (Å²) in [4.78, 5) is 10.3. The fourth-order valence-corrected chi connectivity index (χ4v) is 2.06. The molecule has 0 aromatic carbocycles. The molecular weight excluding hydrogens is 264 g/mol. The molecule has 0 amide bonds. The molecule has 0 rings (SSSR count). The van der Waals surface area contributed by atoms with E-state index in [1.165, 1.54) is 19.3 Å². The number of rotatable bonds is 12. The molecule has 3 nitrogen and oxygen atoms in total. The van der Waals surface area contributed by atoms with Gasteiger partial charge in [-0.15, -0.1) is 0 Å². The summed E-state index contributed by atoms with van der Waals surface area (Å²) in [5.41, 5.74) is 0. The molecule has 0 radical (unpaired) electrons. The van der Waals surface area contributed by atoms with Gasteiger partial charge in [-0.25, -0.2) is 0 Å². The van der Waals surface area contributed by atoms with Crippen LogP contribution in [0.3, 0.4) is 0 Å². The van der Waals surface area contributed by atoms with Crippen molar-refractivity contribution in [3.8, 4) is 11.8 Å². The van der Waals surface area contributed by atoms with Crippen LogP contribution in [0, 0.1) is 11.8 Å². The van der Waals surface area contributed by atoms with Crippen molar-refractivity contribution in [2.45, 2.75) is 83.7 Å². The van der Waals surface area contributed by atoms with Gasteiger partial charge in [0.2, 0.25) is 0 Å². The molecule has 0 aliphatic carbocycles. The number of hydrogen-bond donors (Lipinski definition) is 2. The minimum Gasteiger partial charge on any atom is -0.481 e. The minimum atomic E-state index is -0.690. The van der Waals surface area contributed by atoms with Crippen molar-refractivity contribution in [1.82, 2.24) is 0 Å². The molecule has 0 unspecified atom stereocenters. The van der Waals surface area contributed by atoms with E-state index in [1.807, 2.05) is 0 Å². The Balaban J connectivity index is 3.31. The number of aliphatic hydroxyl groups excluding tert-OH is 1. The third-order valence-corrected chi connectivity index (χ3v) is 3.28. The van der Waals surface area contributed by atoms with Gasteiger partial charge in [0.05, 0.1) is 6.10 Å². The number of carboxylic acid groups (broad SMARTS) is 1. The second-order valence-electron chi connectivity index (χ2n) is 5.40. The lowest BCUT2D eigenvalue weighted by atomic mass is 10.1. The average molecular weight is 294 g/mol. The average Bonchev–Trinajstić information content (AvgIpc) is 2.44. The van der Waals surface area contributed by atoms with Gasteiger partial charge in [-0.05, 0) is 31.4 Å². The van der Waals surface area contributed by atoms with Crippen LogP contribution in [0.5, 0.6) is 0 Å². The predicted molar refractivity (Wildman–Crippen MR) is 87.0 cm³/mol. The topological polar surface area (TPSA) is 57.5 Å². The van der Waals surface area contributed by atoms with Crippen LogP contribution in [0.25, 0.3) is 0 Å². The second kappa shape index (κ2) is 15.1. The van der Waals surface area contributed by atoms with Gasteiger partial charge in [-0.3, -0.25) is 4.79 Å². The van der Waals surface area contributed by atoms with E-state index < -0.39 is 5.97 Å². The SMILES string of the molecule is CCC[C@@H](O)/C=C/C#CCCCCCCCCCC(=O)O. The first-order valence-corrected chi connectivity index (χ1v) is 8.21. The molecule has 0 heterocycles. The molecule has 21 heavy (non-hydrogen) atoms. The second-order valence-corrected chi connectivity index (χ2v) is 5.40. The van der Waals surface area contributed by atoms with Crippen molar-refractivity contribution in [2.24, 2.45) is 0 Å². The van der Waals surface area contributed by atoms with Crippen LogP contribution in [0.2, 0.25) is 0 Å². The summed E-state index contributed by atoms with van der Waals surface area (Å²) in [5, 5.41) is 18.0. The summed E-state index contributed by atoms with van der Waals surface area (Å²) >= 11 is 0. The maximum Gasteiger partial charge on any atom is 0.303 e. The van der Waals surface area contributed by atoms with E-state index in [-0.39, 0.29) is 6.10 Å². The molecule has 1 atom stereocenters. The smallest absolute Gasteiger partial charge is 0.303 e. The lowest BCUT2D eigenvalue weighted by molar-refractivity contribution is -0.137. The van der Waals surface area contributed by atoms with Crippen molar-refractivity contribution >= 4 is 5.97 Å². The minimum absolute atomic E-state index is 0.302. The van der Waals surface area contributed by atoms with Gasteiger partial charge in [0.25, 0.3) is 0 Å². The number of allylic oxidation sites excluding steroid dienone is 1. The Morgan fingerprint density at radius 3 is 2.33 bits per heavy atom. The first kappa shape index (κ1) is 19.7. The lowest BCUT2D eigenvalue weighted by Crippen LogP contribution is -1.99. The normalized spacial score (nSPS) is 12.1. The van der Waals surface area contributed by atoms with Crippen LogP contribution in [0.4, 0.5) is 0 Å². The molecular formula is C18H30O3. The fraction of sp³-hybridized carbons (Fsp3) is 0.722. The summed E-state index contributed by atoms with van der Waals surface area (Å²) in [6.07, 6.45) is 13.8. The van der Waals surface area contributed by atoms with Crippen LogP contribution in [0.1, 0.15) is 77.6 Å². The van der Waals surface area contributed by atoms with Crippen molar-refractivity contribution in [1.29, 1.82) is 0 Å². The molecule has 0 fully saturated rings. The summed E-state index contributed by atoms with van der Waals surface area (Å²) < 4.78 is 0. The first-order valence-electron chi connectivity index (χ1n) is 8.21. The quantitative estimate of drug-likeness (QED) is 0.417. The van der Waals surface area contributed by atoms with Crippen molar-refractivity contribution in [2.75, 3.05) is 0 Å². The Hall–Kier alpha value is -1.27. The molecule has 0 aromatic heterocycles. The highest BCUT2D eigenvalue weighted by Crippen LogP contribution is 2.09. The summed E-state index contributed by atoms with van der Waals surface area (Å²) in [6.45, 7) is 2.05. The van der Waals surface area contributed by atoms with E-state index in [0.717, 1.165) is 44.9 Å². The van der Waals surface area contributed by atoms with Crippen LogP contribution in [0.15, 0.2) is 12.2 Å². The van der Waals surface area contributed by atoms with Crippen molar-refractivity contribution in [3.63, 3.8) is 0 Å². The largest absolute Gasteiger partial charge is 0.481 e. The molecule has 0 aliphatic heterocycles. The van der Waals surface area contributed by atoms with Gasteiger partial charge in [-0.2, -0.15) is 0 Å². The molecule has 0 spiro atoms. The van der Waals surface area contributed by atoms with E-state index in [1.54, 1.807) is 12.2 Å². The molecule has 0 bridgehead atoms. The molecule has 2 N–H and O–H groups in total. The van der Waals surface area contributed by atoms with Crippen LogP contribution in [-0.4, -0.2) is 22.3 Å². The van der Waals surface area contributed by atoms with Gasteiger partial charge >= 0.3 is 5.97 Å². The van der Waals surface area contributed by atoms with Gasteiger partial charge < -0.3 is 10.2 Å². The molecule has 0 aliphatic rings. The Morgan fingerprint density at radius 2 is 1.71 bits per heavy atom. The Kier molecular flexibility index (Phi) is 14.2. The number of hydrogen-bond acceptors (Lipinski definition) is 2. The zero-order valence-electron chi connectivity index (χ0n) is 13.3. The third kappa shape index (κ3) is 16.7. The van der Waals surface area contributed by atoms with Crippen LogP contribution >= 0.6 is 0 Å². The van der Waals surface area contributed by atoms with E-state index in [2.05, 4.69) is 18.8 Å². The molecule has 120 valence electrons. The Morgan fingerprint density at radius 1 is 1.10 bits per heavy atom. The third-order valence-electron chi connectivity index (χ3n) is 3.28. The van der Waals surface area contributed by atoms with Crippen molar-refractivity contribution in [3.05, 3.63) is 12.2 Å². The predicted octanol–water partition coefficient (Wildman–Crippen LogP) is 4.30. The maximum absolute atomic E-state index is 10.3. The molecule has 0 aromatic rings. The zero-order valence-corrected chi connectivity index (χ0v) is 13.3.